The van der Waals surface area contributed by atoms with E-state index in [-0.39, 0.29) is 11.8 Å². The van der Waals surface area contributed by atoms with Crippen molar-refractivity contribution in [3.63, 3.8) is 0 Å². The lowest BCUT2D eigenvalue weighted by atomic mass is 9.60. The van der Waals surface area contributed by atoms with Gasteiger partial charge in [-0.15, -0.1) is 0 Å². The summed E-state index contributed by atoms with van der Waals surface area (Å²) < 4.78 is 0. The summed E-state index contributed by atoms with van der Waals surface area (Å²) in [7, 11) is 0. The summed E-state index contributed by atoms with van der Waals surface area (Å²) >= 11 is 0. The molecule has 0 spiro atoms. The van der Waals surface area contributed by atoms with Gasteiger partial charge in [0, 0.05) is 70.0 Å². The highest BCUT2D eigenvalue weighted by molar-refractivity contribution is 5.79. The molecule has 2 bridgehead atoms. The van der Waals surface area contributed by atoms with E-state index >= 15 is 0 Å². The molecule has 0 amide bonds. The molecule has 68 heavy (non-hydrogen) atoms. The maximum Gasteiger partial charge on any atom is 0.164 e. The maximum atomic E-state index is 5.02. The van der Waals surface area contributed by atoms with Crippen molar-refractivity contribution in [3.05, 3.63) is 252 Å². The fourth-order valence-electron chi connectivity index (χ4n) is 9.95. The number of benzene rings is 7. The molecule has 0 N–H and O–H groups in total. The zero-order chi connectivity index (χ0) is 45.0. The zero-order valence-electron chi connectivity index (χ0n) is 36.5. The Balaban J connectivity index is 0.867. The van der Waals surface area contributed by atoms with Crippen molar-refractivity contribution in [1.29, 1.82) is 0 Å². The highest BCUT2D eigenvalue weighted by Gasteiger charge is 2.41. The van der Waals surface area contributed by atoms with Gasteiger partial charge in [0.15, 0.2) is 34.9 Å². The van der Waals surface area contributed by atoms with Crippen molar-refractivity contribution >= 4 is 0 Å². The van der Waals surface area contributed by atoms with Crippen LogP contribution in [-0.4, -0.2) is 39.9 Å². The molecule has 14 rings (SSSR count). The van der Waals surface area contributed by atoms with Gasteiger partial charge in [0.2, 0.25) is 0 Å². The minimum atomic E-state index is 0.0952. The lowest BCUT2D eigenvalue weighted by Gasteiger charge is -2.42. The Bertz CT molecular complexity index is 3330. The van der Waals surface area contributed by atoms with Crippen molar-refractivity contribution in [2.45, 2.75) is 11.8 Å². The Kier molecular flexibility index (Phi) is 9.45. The molecule has 0 saturated carbocycles. The fraction of sp³-hybridized carbons (Fsp3) is 0.0333. The van der Waals surface area contributed by atoms with Crippen molar-refractivity contribution in [2.24, 2.45) is 0 Å². The number of hydrogen-bond donors (Lipinski definition) is 0. The molecule has 4 aromatic heterocycles. The van der Waals surface area contributed by atoms with Crippen molar-refractivity contribution in [2.75, 3.05) is 0 Å². The first-order valence-corrected chi connectivity index (χ1v) is 22.7. The molecule has 8 nitrogen and oxygen atoms in total. The van der Waals surface area contributed by atoms with Gasteiger partial charge in [-0.05, 0) is 104 Å². The van der Waals surface area contributed by atoms with Gasteiger partial charge >= 0.3 is 0 Å². The summed E-state index contributed by atoms with van der Waals surface area (Å²) in [6.45, 7) is 0. The standard InChI is InChI=1S/C60H38N8/c1-3-11-37(12-4-1)55-63-57(39-25-29-61-30-26-39)67-59(65-55)45-17-9-15-41(33-45)43-21-23-49-51(35-43)53-47-19-7-8-20-48(47)54(49)52-36-44(22-24-50(52)53)42-16-10-18-46(34-42)60-66-56(38-13-5-2-6-14-38)64-58(68-60)40-27-31-62-32-28-40/h1-36,53-54H. The molecule has 3 aliphatic rings. The molecule has 4 heterocycles. The first-order valence-electron chi connectivity index (χ1n) is 22.7. The van der Waals surface area contributed by atoms with Gasteiger partial charge in [-0.3, -0.25) is 9.97 Å². The van der Waals surface area contributed by atoms with Crippen LogP contribution < -0.4 is 0 Å². The minimum absolute atomic E-state index is 0.0952. The summed E-state index contributed by atoms with van der Waals surface area (Å²) in [5.41, 5.74) is 18.1. The Morgan fingerprint density at radius 3 is 0.897 bits per heavy atom. The van der Waals surface area contributed by atoms with Crippen LogP contribution in [0.25, 0.3) is 90.6 Å². The molecule has 0 aliphatic heterocycles. The Morgan fingerprint density at radius 1 is 0.206 bits per heavy atom. The highest BCUT2D eigenvalue weighted by atomic mass is 15.0. The van der Waals surface area contributed by atoms with E-state index in [0.29, 0.717) is 34.9 Å². The van der Waals surface area contributed by atoms with E-state index in [1.54, 1.807) is 24.8 Å². The molecule has 0 fully saturated rings. The topological polar surface area (TPSA) is 103 Å². The first-order chi connectivity index (χ1) is 33.7. The number of rotatable bonds is 8. The quantitative estimate of drug-likeness (QED) is 0.149. The predicted octanol–water partition coefficient (Wildman–Crippen LogP) is 13.2. The van der Waals surface area contributed by atoms with Gasteiger partial charge in [-0.1, -0.05) is 146 Å². The van der Waals surface area contributed by atoms with Crippen LogP contribution in [0.2, 0.25) is 0 Å². The van der Waals surface area contributed by atoms with Crippen LogP contribution in [0.1, 0.15) is 45.2 Å². The Labute approximate surface area is 392 Å². The van der Waals surface area contributed by atoms with E-state index in [1.807, 2.05) is 84.9 Å². The van der Waals surface area contributed by atoms with E-state index in [9.17, 15) is 0 Å². The normalized spacial score (nSPS) is 14.2. The molecule has 0 saturated heterocycles. The average Bonchev–Trinajstić information content (AvgIpc) is 3.43. The van der Waals surface area contributed by atoms with E-state index in [2.05, 4.69) is 119 Å². The molecule has 8 heteroatoms. The third kappa shape index (κ3) is 6.94. The van der Waals surface area contributed by atoms with Crippen molar-refractivity contribution in [3.8, 4) is 90.6 Å². The van der Waals surface area contributed by atoms with Gasteiger partial charge < -0.3 is 0 Å². The summed E-state index contributed by atoms with van der Waals surface area (Å²) in [6, 6.07) is 68.0. The van der Waals surface area contributed by atoms with Gasteiger partial charge in [0.25, 0.3) is 0 Å². The third-order valence-corrected chi connectivity index (χ3v) is 13.2. The molecule has 3 aliphatic carbocycles. The van der Waals surface area contributed by atoms with Gasteiger partial charge in [0.05, 0.1) is 0 Å². The van der Waals surface area contributed by atoms with Crippen LogP contribution >= 0.6 is 0 Å². The second-order valence-corrected chi connectivity index (χ2v) is 17.2. The number of hydrogen-bond acceptors (Lipinski definition) is 8. The molecule has 0 radical (unpaired) electrons. The van der Waals surface area contributed by atoms with E-state index in [4.69, 9.17) is 29.9 Å². The largest absolute Gasteiger partial charge is 0.265 e. The Morgan fingerprint density at radius 2 is 0.500 bits per heavy atom. The summed E-state index contributed by atoms with van der Waals surface area (Å²) in [6.07, 6.45) is 7.06. The second-order valence-electron chi connectivity index (χ2n) is 17.2. The molecular weight excluding hydrogens is 833 g/mol. The molecular formula is C60H38N8. The van der Waals surface area contributed by atoms with E-state index in [1.165, 1.54) is 33.4 Å². The van der Waals surface area contributed by atoms with Crippen LogP contribution in [0.4, 0.5) is 0 Å². The third-order valence-electron chi connectivity index (χ3n) is 13.2. The van der Waals surface area contributed by atoms with Crippen molar-refractivity contribution in [1.82, 2.24) is 39.9 Å². The van der Waals surface area contributed by atoms with Gasteiger partial charge in [-0.25, -0.2) is 29.9 Å². The predicted molar refractivity (Wildman–Crippen MR) is 267 cm³/mol. The van der Waals surface area contributed by atoms with Crippen LogP contribution in [0.3, 0.4) is 0 Å². The molecule has 2 unspecified atom stereocenters. The molecule has 2 atom stereocenters. The maximum absolute atomic E-state index is 5.02. The summed E-state index contributed by atoms with van der Waals surface area (Å²) in [4.78, 5) is 38.3. The van der Waals surface area contributed by atoms with E-state index in [0.717, 1.165) is 55.6 Å². The lowest BCUT2D eigenvalue weighted by Crippen LogP contribution is -2.27. The van der Waals surface area contributed by atoms with Crippen LogP contribution in [-0.2, 0) is 0 Å². The molecule has 318 valence electrons. The number of aromatic nitrogens is 8. The highest BCUT2D eigenvalue weighted by Crippen LogP contribution is 2.56. The second kappa shape index (κ2) is 16.4. The lowest BCUT2D eigenvalue weighted by molar-refractivity contribution is 0.755. The minimum Gasteiger partial charge on any atom is -0.265 e. The SMILES string of the molecule is c1ccc(-c2nc(-c3ccncc3)nc(-c3cccc(-c4ccc5c(c4)C4c6ccccc6C5c5cc(-c6cccc(-c7nc(-c8ccccc8)nc(-c8ccncc8)n7)c6)ccc54)c3)n2)cc1. The monoisotopic (exact) mass is 870 g/mol. The number of nitrogens with zero attached hydrogens (tertiary/aromatic N) is 8. The van der Waals surface area contributed by atoms with Crippen molar-refractivity contribution < 1.29 is 0 Å². The van der Waals surface area contributed by atoms with Gasteiger partial charge in [0.1, 0.15) is 0 Å². The average molecular weight is 871 g/mol. The van der Waals surface area contributed by atoms with Crippen LogP contribution in [0.15, 0.2) is 219 Å². The smallest absolute Gasteiger partial charge is 0.164 e. The fourth-order valence-corrected chi connectivity index (χ4v) is 9.95. The van der Waals surface area contributed by atoms with Crippen LogP contribution in [0.5, 0.6) is 0 Å². The zero-order valence-corrected chi connectivity index (χ0v) is 36.5. The Hall–Kier alpha value is -9.14. The summed E-state index contributed by atoms with van der Waals surface area (Å²) in [5.74, 6) is 3.90. The number of pyridine rings is 2. The molecule has 11 aromatic rings. The first kappa shape index (κ1) is 39.2. The van der Waals surface area contributed by atoms with Crippen LogP contribution in [0, 0.1) is 0 Å². The molecule has 7 aromatic carbocycles. The van der Waals surface area contributed by atoms with Gasteiger partial charge in [-0.2, -0.15) is 0 Å². The summed E-state index contributed by atoms with van der Waals surface area (Å²) in [5, 5.41) is 0. The van der Waals surface area contributed by atoms with E-state index < -0.39 is 0 Å².